The first-order chi connectivity index (χ1) is 7.97. The Balaban J connectivity index is 2.24. The van der Waals surface area contributed by atoms with Crippen LogP contribution in [-0.2, 0) is 0 Å². The van der Waals surface area contributed by atoms with Gasteiger partial charge in [-0.2, -0.15) is 5.26 Å². The summed E-state index contributed by atoms with van der Waals surface area (Å²) in [7, 11) is 0. The average molecular weight is 255 g/mol. The second-order valence-electron chi connectivity index (χ2n) is 3.94. The Morgan fingerprint density at radius 1 is 1.59 bits per heavy atom. The van der Waals surface area contributed by atoms with Crippen molar-refractivity contribution in [3.05, 3.63) is 28.5 Å². The lowest BCUT2D eigenvalue weighted by molar-refractivity contribution is 0.0941. The van der Waals surface area contributed by atoms with E-state index in [1.54, 1.807) is 0 Å². The SMILES string of the molecule is N#CC1(NC(=O)c2cc(F)c(O)c(Cl)c2)CC1. The lowest BCUT2D eigenvalue weighted by Gasteiger charge is -2.09. The molecule has 0 saturated heterocycles. The van der Waals surface area contributed by atoms with Crippen molar-refractivity contribution < 1.29 is 14.3 Å². The Kier molecular flexibility index (Phi) is 2.68. The number of rotatable bonds is 2. The van der Waals surface area contributed by atoms with Crippen LogP contribution in [0.3, 0.4) is 0 Å². The second-order valence-corrected chi connectivity index (χ2v) is 4.34. The number of halogens is 2. The largest absolute Gasteiger partial charge is 0.504 e. The highest BCUT2D eigenvalue weighted by atomic mass is 35.5. The number of nitrogens with zero attached hydrogens (tertiary/aromatic N) is 1. The average Bonchev–Trinajstić information content (AvgIpc) is 3.05. The van der Waals surface area contributed by atoms with Crippen LogP contribution in [0.5, 0.6) is 5.75 Å². The molecule has 0 spiro atoms. The van der Waals surface area contributed by atoms with Gasteiger partial charge in [0.2, 0.25) is 0 Å². The van der Waals surface area contributed by atoms with E-state index in [1.165, 1.54) is 0 Å². The predicted octanol–water partition coefficient (Wildman–Crippen LogP) is 1.97. The van der Waals surface area contributed by atoms with Gasteiger partial charge in [0.25, 0.3) is 5.91 Å². The van der Waals surface area contributed by atoms with Crippen molar-refractivity contribution in [3.63, 3.8) is 0 Å². The molecule has 0 bridgehead atoms. The van der Waals surface area contributed by atoms with Crippen LogP contribution in [0.25, 0.3) is 0 Å². The summed E-state index contributed by atoms with van der Waals surface area (Å²) in [6.07, 6.45) is 1.17. The summed E-state index contributed by atoms with van der Waals surface area (Å²) in [5.41, 5.74) is -0.843. The molecule has 4 nitrogen and oxygen atoms in total. The van der Waals surface area contributed by atoms with Crippen molar-refractivity contribution in [1.29, 1.82) is 5.26 Å². The van der Waals surface area contributed by atoms with E-state index in [0.717, 1.165) is 12.1 Å². The molecule has 1 amide bonds. The minimum Gasteiger partial charge on any atom is -0.504 e. The van der Waals surface area contributed by atoms with Crippen molar-refractivity contribution in [1.82, 2.24) is 5.32 Å². The number of hydrogen-bond donors (Lipinski definition) is 2. The summed E-state index contributed by atoms with van der Waals surface area (Å²) >= 11 is 5.55. The Hall–Kier alpha value is -1.80. The van der Waals surface area contributed by atoms with Gasteiger partial charge < -0.3 is 10.4 Å². The molecule has 2 rings (SSSR count). The molecule has 0 atom stereocenters. The Labute approximate surface area is 102 Å². The summed E-state index contributed by atoms with van der Waals surface area (Å²) < 4.78 is 13.2. The fraction of sp³-hybridized carbons (Fsp3) is 0.273. The molecule has 17 heavy (non-hydrogen) atoms. The molecule has 0 unspecified atom stereocenters. The molecule has 0 aromatic heterocycles. The molecule has 88 valence electrons. The van der Waals surface area contributed by atoms with Gasteiger partial charge in [-0.05, 0) is 25.0 Å². The van der Waals surface area contributed by atoms with E-state index in [-0.39, 0.29) is 10.6 Å². The molecule has 6 heteroatoms. The zero-order valence-corrected chi connectivity index (χ0v) is 9.38. The maximum absolute atomic E-state index is 13.2. The van der Waals surface area contributed by atoms with E-state index in [0.29, 0.717) is 12.8 Å². The number of carbonyl (C=O) groups is 1. The fourth-order valence-corrected chi connectivity index (χ4v) is 1.58. The van der Waals surface area contributed by atoms with Crippen LogP contribution in [0.1, 0.15) is 23.2 Å². The summed E-state index contributed by atoms with van der Waals surface area (Å²) in [4.78, 5) is 11.7. The fourth-order valence-electron chi connectivity index (χ4n) is 1.38. The topological polar surface area (TPSA) is 73.1 Å². The maximum atomic E-state index is 13.2. The van der Waals surface area contributed by atoms with Gasteiger partial charge in [-0.3, -0.25) is 4.79 Å². The molecule has 0 heterocycles. The zero-order chi connectivity index (χ0) is 12.6. The molecule has 1 aliphatic carbocycles. The smallest absolute Gasteiger partial charge is 0.252 e. The van der Waals surface area contributed by atoms with Crippen molar-refractivity contribution >= 4 is 17.5 Å². The third-order valence-corrected chi connectivity index (χ3v) is 2.88. The number of benzene rings is 1. The van der Waals surface area contributed by atoms with E-state index in [2.05, 4.69) is 5.32 Å². The predicted molar refractivity (Wildman–Crippen MR) is 58.1 cm³/mol. The summed E-state index contributed by atoms with van der Waals surface area (Å²) in [5.74, 6) is -2.24. The number of hydrogen-bond acceptors (Lipinski definition) is 3. The monoisotopic (exact) mass is 254 g/mol. The van der Waals surface area contributed by atoms with Crippen molar-refractivity contribution in [2.45, 2.75) is 18.4 Å². The number of phenols is 1. The van der Waals surface area contributed by atoms with Crippen LogP contribution in [0, 0.1) is 17.1 Å². The molecular weight excluding hydrogens is 247 g/mol. The molecule has 1 aromatic carbocycles. The van der Waals surface area contributed by atoms with Crippen molar-refractivity contribution in [3.8, 4) is 11.8 Å². The lowest BCUT2D eigenvalue weighted by atomic mass is 10.1. The van der Waals surface area contributed by atoms with Crippen LogP contribution < -0.4 is 5.32 Å². The highest BCUT2D eigenvalue weighted by Crippen LogP contribution is 2.35. The summed E-state index contributed by atoms with van der Waals surface area (Å²) in [6, 6.07) is 4.02. The Morgan fingerprint density at radius 2 is 2.24 bits per heavy atom. The lowest BCUT2D eigenvalue weighted by Crippen LogP contribution is -2.35. The first-order valence-corrected chi connectivity index (χ1v) is 5.27. The number of amides is 1. The third-order valence-electron chi connectivity index (χ3n) is 2.60. The van der Waals surface area contributed by atoms with Crippen LogP contribution >= 0.6 is 11.6 Å². The highest BCUT2D eigenvalue weighted by molar-refractivity contribution is 6.32. The van der Waals surface area contributed by atoms with Crippen LogP contribution in [-0.4, -0.2) is 16.6 Å². The van der Waals surface area contributed by atoms with Crippen LogP contribution in [0.2, 0.25) is 5.02 Å². The molecule has 2 N–H and O–H groups in total. The summed E-state index contributed by atoms with van der Waals surface area (Å²) in [5, 5.41) is 20.2. The minimum atomic E-state index is -0.968. The number of carbonyl (C=O) groups excluding carboxylic acids is 1. The zero-order valence-electron chi connectivity index (χ0n) is 8.63. The quantitative estimate of drug-likeness (QED) is 0.847. The van der Waals surface area contributed by atoms with Crippen molar-refractivity contribution in [2.75, 3.05) is 0 Å². The molecule has 1 saturated carbocycles. The van der Waals surface area contributed by atoms with Gasteiger partial charge >= 0.3 is 0 Å². The van der Waals surface area contributed by atoms with Gasteiger partial charge in [-0.1, -0.05) is 11.6 Å². The van der Waals surface area contributed by atoms with Crippen LogP contribution in [0.15, 0.2) is 12.1 Å². The van der Waals surface area contributed by atoms with E-state index >= 15 is 0 Å². The van der Waals surface area contributed by atoms with Gasteiger partial charge in [0.15, 0.2) is 11.6 Å². The van der Waals surface area contributed by atoms with Gasteiger partial charge in [-0.25, -0.2) is 4.39 Å². The molecule has 1 aromatic rings. The Bertz CT molecular complexity index is 512. The normalized spacial score (nSPS) is 16.1. The highest BCUT2D eigenvalue weighted by Gasteiger charge is 2.44. The molecular formula is C11H8ClFN2O2. The Morgan fingerprint density at radius 3 is 2.71 bits per heavy atom. The molecule has 0 radical (unpaired) electrons. The molecule has 0 aliphatic heterocycles. The third kappa shape index (κ3) is 2.17. The van der Waals surface area contributed by atoms with Crippen LogP contribution in [0.4, 0.5) is 4.39 Å². The van der Waals surface area contributed by atoms with E-state index in [1.807, 2.05) is 6.07 Å². The maximum Gasteiger partial charge on any atom is 0.252 e. The van der Waals surface area contributed by atoms with Gasteiger partial charge in [-0.15, -0.1) is 0 Å². The molecule has 1 aliphatic rings. The second kappa shape index (κ2) is 3.90. The number of aromatic hydroxyl groups is 1. The first kappa shape index (κ1) is 11.7. The molecule has 1 fully saturated rings. The van der Waals surface area contributed by atoms with E-state index < -0.39 is 23.0 Å². The number of nitriles is 1. The van der Waals surface area contributed by atoms with E-state index in [9.17, 15) is 9.18 Å². The standard InChI is InChI=1S/C11H8ClFN2O2/c12-7-3-6(4-8(13)9(7)16)10(17)15-11(5-14)1-2-11/h3-4,16H,1-2H2,(H,15,17). The van der Waals surface area contributed by atoms with Crippen molar-refractivity contribution in [2.24, 2.45) is 0 Å². The van der Waals surface area contributed by atoms with Gasteiger partial charge in [0.05, 0.1) is 11.1 Å². The number of phenolic OH excluding ortho intramolecular Hbond substituents is 1. The number of nitrogens with one attached hydrogen (secondary N) is 1. The van der Waals surface area contributed by atoms with E-state index in [4.69, 9.17) is 22.0 Å². The van der Waals surface area contributed by atoms with Gasteiger partial charge in [0.1, 0.15) is 5.54 Å². The minimum absolute atomic E-state index is 0.0215. The van der Waals surface area contributed by atoms with Gasteiger partial charge in [0, 0.05) is 5.56 Å². The summed E-state index contributed by atoms with van der Waals surface area (Å²) in [6.45, 7) is 0. The first-order valence-electron chi connectivity index (χ1n) is 4.89.